The molecule has 1 aliphatic rings. The van der Waals surface area contributed by atoms with E-state index in [0.717, 1.165) is 37.1 Å². The van der Waals surface area contributed by atoms with Gasteiger partial charge in [0.25, 0.3) is 0 Å². The van der Waals surface area contributed by atoms with Gasteiger partial charge in [0.15, 0.2) is 0 Å². The smallest absolute Gasteiger partial charge is 0.222 e. The van der Waals surface area contributed by atoms with E-state index in [1.54, 1.807) is 7.11 Å². The lowest BCUT2D eigenvalue weighted by molar-refractivity contribution is -0.139. The third-order valence-electron chi connectivity index (χ3n) is 4.11. The molecule has 1 fully saturated rings. The molecular formula is C16H24N2O2. The summed E-state index contributed by atoms with van der Waals surface area (Å²) in [5.41, 5.74) is 7.38. The first kappa shape index (κ1) is 14.9. The van der Waals surface area contributed by atoms with Crippen LogP contribution in [0.4, 0.5) is 5.69 Å². The molecular weight excluding hydrogens is 252 g/mol. The molecule has 0 saturated carbocycles. The van der Waals surface area contributed by atoms with E-state index >= 15 is 0 Å². The second-order valence-electron chi connectivity index (χ2n) is 5.81. The summed E-state index contributed by atoms with van der Waals surface area (Å²) in [6.07, 6.45) is 3.34. The van der Waals surface area contributed by atoms with Crippen LogP contribution in [0.1, 0.15) is 31.7 Å². The molecule has 1 saturated heterocycles. The van der Waals surface area contributed by atoms with Gasteiger partial charge < -0.3 is 15.4 Å². The molecule has 1 aromatic rings. The Hall–Kier alpha value is -1.55. The number of benzene rings is 1. The maximum atomic E-state index is 12.3. The number of ether oxygens (including phenoxy) is 1. The fourth-order valence-electron chi connectivity index (χ4n) is 2.68. The number of carbonyl (C=O) groups excluding carboxylic acids is 1. The number of nitrogens with zero attached hydrogens (tertiary/aromatic N) is 1. The van der Waals surface area contributed by atoms with Crippen molar-refractivity contribution < 1.29 is 9.53 Å². The molecule has 0 radical (unpaired) electrons. The molecule has 1 atom stereocenters. The van der Waals surface area contributed by atoms with E-state index in [9.17, 15) is 4.79 Å². The van der Waals surface area contributed by atoms with Gasteiger partial charge in [0, 0.05) is 32.3 Å². The van der Waals surface area contributed by atoms with Gasteiger partial charge in [-0.25, -0.2) is 0 Å². The Bertz CT molecular complexity index is 458. The van der Waals surface area contributed by atoms with Crippen molar-refractivity contribution >= 4 is 11.6 Å². The van der Waals surface area contributed by atoms with Gasteiger partial charge in [-0.2, -0.15) is 0 Å². The van der Waals surface area contributed by atoms with Gasteiger partial charge in [-0.1, -0.05) is 12.1 Å². The van der Waals surface area contributed by atoms with Crippen molar-refractivity contribution in [3.8, 4) is 0 Å². The molecule has 4 nitrogen and oxygen atoms in total. The summed E-state index contributed by atoms with van der Waals surface area (Å²) in [6, 6.07) is 7.72. The summed E-state index contributed by atoms with van der Waals surface area (Å²) in [5, 5.41) is 0. The molecule has 0 spiro atoms. The van der Waals surface area contributed by atoms with Crippen molar-refractivity contribution in [3.63, 3.8) is 0 Å². The molecule has 2 rings (SSSR count). The van der Waals surface area contributed by atoms with E-state index < -0.39 is 0 Å². The first-order valence-electron chi connectivity index (χ1n) is 7.20. The molecule has 4 heteroatoms. The number of methoxy groups -OCH3 is 1. The summed E-state index contributed by atoms with van der Waals surface area (Å²) >= 11 is 0. The topological polar surface area (TPSA) is 55.6 Å². The summed E-state index contributed by atoms with van der Waals surface area (Å²) in [4.78, 5) is 14.2. The quantitative estimate of drug-likeness (QED) is 0.858. The largest absolute Gasteiger partial charge is 0.399 e. The second-order valence-corrected chi connectivity index (χ2v) is 5.81. The van der Waals surface area contributed by atoms with Gasteiger partial charge >= 0.3 is 0 Å². The Morgan fingerprint density at radius 2 is 2.10 bits per heavy atom. The average molecular weight is 276 g/mol. The number of likely N-dealkylation sites (tertiary alicyclic amines) is 1. The van der Waals surface area contributed by atoms with E-state index in [-0.39, 0.29) is 11.5 Å². The minimum Gasteiger partial charge on any atom is -0.399 e. The molecule has 0 bridgehead atoms. The normalized spacial score (nSPS) is 22.8. The first-order chi connectivity index (χ1) is 9.52. The zero-order valence-corrected chi connectivity index (χ0v) is 12.4. The highest BCUT2D eigenvalue weighted by Gasteiger charge is 2.32. The Morgan fingerprint density at radius 3 is 2.75 bits per heavy atom. The highest BCUT2D eigenvalue weighted by atomic mass is 16.5. The minimum absolute atomic E-state index is 0.185. The van der Waals surface area contributed by atoms with Crippen LogP contribution >= 0.6 is 0 Å². The third kappa shape index (κ3) is 3.73. The van der Waals surface area contributed by atoms with Crippen LogP contribution in [0.5, 0.6) is 0 Å². The van der Waals surface area contributed by atoms with Crippen LogP contribution in [0.3, 0.4) is 0 Å². The van der Waals surface area contributed by atoms with Crippen LogP contribution in [0.15, 0.2) is 24.3 Å². The highest BCUT2D eigenvalue weighted by molar-refractivity contribution is 5.76. The lowest BCUT2D eigenvalue weighted by Gasteiger charge is -2.39. The third-order valence-corrected chi connectivity index (χ3v) is 4.11. The number of hydrogen-bond donors (Lipinski definition) is 1. The lowest BCUT2D eigenvalue weighted by atomic mass is 9.94. The zero-order valence-electron chi connectivity index (χ0n) is 12.4. The first-order valence-corrected chi connectivity index (χ1v) is 7.20. The number of rotatable bonds is 4. The van der Waals surface area contributed by atoms with Crippen molar-refractivity contribution in [2.24, 2.45) is 0 Å². The van der Waals surface area contributed by atoms with E-state index in [4.69, 9.17) is 10.5 Å². The number of hydrogen-bond acceptors (Lipinski definition) is 3. The number of aryl methyl sites for hydroxylation is 1. The number of amides is 1. The molecule has 0 aliphatic carbocycles. The van der Waals surface area contributed by atoms with Crippen molar-refractivity contribution in [1.29, 1.82) is 0 Å². The minimum atomic E-state index is -0.185. The number of piperidine rings is 1. The van der Waals surface area contributed by atoms with Gasteiger partial charge in [-0.05, 0) is 43.9 Å². The van der Waals surface area contributed by atoms with Crippen LogP contribution in [-0.4, -0.2) is 36.6 Å². The summed E-state index contributed by atoms with van der Waals surface area (Å²) in [7, 11) is 1.72. The molecule has 0 aromatic heterocycles. The molecule has 1 aliphatic heterocycles. The highest BCUT2D eigenvalue weighted by Crippen LogP contribution is 2.24. The van der Waals surface area contributed by atoms with Crippen molar-refractivity contribution in [3.05, 3.63) is 29.8 Å². The van der Waals surface area contributed by atoms with E-state index in [1.807, 2.05) is 29.2 Å². The second kappa shape index (κ2) is 6.27. The van der Waals surface area contributed by atoms with Gasteiger partial charge in [0.1, 0.15) is 0 Å². The number of nitrogens with two attached hydrogens (primary N) is 1. The molecule has 1 heterocycles. The predicted molar refractivity (Wildman–Crippen MR) is 80.4 cm³/mol. The Kier molecular flexibility index (Phi) is 4.65. The molecule has 20 heavy (non-hydrogen) atoms. The van der Waals surface area contributed by atoms with Crippen molar-refractivity contribution in [1.82, 2.24) is 4.90 Å². The monoisotopic (exact) mass is 276 g/mol. The number of anilines is 1. The maximum absolute atomic E-state index is 12.3. The molecule has 1 amide bonds. The molecule has 2 N–H and O–H groups in total. The van der Waals surface area contributed by atoms with Gasteiger partial charge in [0.05, 0.1) is 5.60 Å². The fraction of sp³-hybridized carbons (Fsp3) is 0.562. The van der Waals surface area contributed by atoms with Crippen LogP contribution in [0.2, 0.25) is 0 Å². The summed E-state index contributed by atoms with van der Waals surface area (Å²) in [5.74, 6) is 0.213. The van der Waals surface area contributed by atoms with E-state index in [0.29, 0.717) is 13.0 Å². The van der Waals surface area contributed by atoms with E-state index in [1.165, 1.54) is 0 Å². The Morgan fingerprint density at radius 1 is 1.40 bits per heavy atom. The average Bonchev–Trinajstić information content (AvgIpc) is 2.46. The molecule has 1 unspecified atom stereocenters. The van der Waals surface area contributed by atoms with Crippen LogP contribution in [-0.2, 0) is 16.0 Å². The van der Waals surface area contributed by atoms with Gasteiger partial charge in [-0.3, -0.25) is 4.79 Å². The predicted octanol–water partition coefficient (Wildman–Crippen LogP) is 2.23. The molecule has 110 valence electrons. The Labute approximate surface area is 120 Å². The van der Waals surface area contributed by atoms with E-state index in [2.05, 4.69) is 6.92 Å². The fourth-order valence-corrected chi connectivity index (χ4v) is 2.68. The van der Waals surface area contributed by atoms with Crippen LogP contribution in [0, 0.1) is 0 Å². The number of carbonyl (C=O) groups is 1. The molecule has 1 aromatic carbocycles. The SMILES string of the molecule is COC1(C)CCCN(C(=O)CCc2ccc(N)cc2)C1. The summed E-state index contributed by atoms with van der Waals surface area (Å²) < 4.78 is 5.53. The number of nitrogen functional groups attached to an aromatic ring is 1. The van der Waals surface area contributed by atoms with Gasteiger partial charge in [0.2, 0.25) is 5.91 Å². The lowest BCUT2D eigenvalue weighted by Crippen LogP contribution is -2.49. The van der Waals surface area contributed by atoms with Crippen LogP contribution < -0.4 is 5.73 Å². The maximum Gasteiger partial charge on any atom is 0.222 e. The van der Waals surface area contributed by atoms with Crippen LogP contribution in [0.25, 0.3) is 0 Å². The summed E-state index contributed by atoms with van der Waals surface area (Å²) in [6.45, 7) is 3.62. The Balaban J connectivity index is 1.87. The van der Waals surface area contributed by atoms with Crippen molar-refractivity contribution in [2.75, 3.05) is 25.9 Å². The van der Waals surface area contributed by atoms with Crippen molar-refractivity contribution in [2.45, 2.75) is 38.2 Å². The zero-order chi connectivity index (χ0) is 14.6. The van der Waals surface area contributed by atoms with Gasteiger partial charge in [-0.15, -0.1) is 0 Å². The standard InChI is InChI=1S/C16H24N2O2/c1-16(20-2)10-3-11-18(12-16)15(19)9-6-13-4-7-14(17)8-5-13/h4-5,7-8H,3,6,9-12,17H2,1-2H3.